The van der Waals surface area contributed by atoms with Gasteiger partial charge in [-0.25, -0.2) is 0 Å². The van der Waals surface area contributed by atoms with E-state index in [4.69, 9.17) is 14.9 Å². The van der Waals surface area contributed by atoms with Crippen molar-refractivity contribution in [3.05, 3.63) is 18.2 Å². The summed E-state index contributed by atoms with van der Waals surface area (Å²) in [6.07, 6.45) is 1.39. The van der Waals surface area contributed by atoms with E-state index in [9.17, 15) is 0 Å². The molecule has 0 radical (unpaired) electrons. The highest BCUT2D eigenvalue weighted by Gasteiger charge is 2.24. The van der Waals surface area contributed by atoms with E-state index in [0.29, 0.717) is 23.7 Å². The molecular formula is C13H17N3O2. The number of ether oxygens (including phenoxy) is 1. The molecule has 1 fully saturated rings. The maximum absolute atomic E-state index is 5.71. The molecule has 18 heavy (non-hydrogen) atoms. The molecule has 3 N–H and O–H groups in total. The van der Waals surface area contributed by atoms with Gasteiger partial charge in [0.05, 0.1) is 6.10 Å². The molecule has 0 aliphatic carbocycles. The number of hydrogen-bond acceptors (Lipinski definition) is 5. The van der Waals surface area contributed by atoms with Gasteiger partial charge in [0.2, 0.25) is 0 Å². The minimum absolute atomic E-state index is 0.303. The Morgan fingerprint density at radius 3 is 3.17 bits per heavy atom. The highest BCUT2D eigenvalue weighted by atomic mass is 16.5. The first kappa shape index (κ1) is 11.3. The predicted octanol–water partition coefficient (Wildman–Crippen LogP) is 2.25. The molecule has 1 saturated heterocycles. The van der Waals surface area contributed by atoms with Gasteiger partial charge in [-0.1, -0.05) is 0 Å². The molecule has 96 valence electrons. The van der Waals surface area contributed by atoms with Crippen LogP contribution in [0.25, 0.3) is 11.1 Å². The number of aromatic nitrogens is 1. The standard InChI is InChI=1S/C13H17N3O2/c1-8-9(4-5-17-8)7-15-13-16-11-6-10(14)2-3-12(11)18-13/h2-3,6,8-9H,4-5,7,14H2,1H3,(H,15,16). The minimum Gasteiger partial charge on any atom is -0.424 e. The Morgan fingerprint density at radius 2 is 2.39 bits per heavy atom. The molecule has 1 aliphatic heterocycles. The second-order valence-corrected chi connectivity index (χ2v) is 4.75. The van der Waals surface area contributed by atoms with Gasteiger partial charge in [0.25, 0.3) is 6.01 Å². The number of nitrogens with zero attached hydrogens (tertiary/aromatic N) is 1. The van der Waals surface area contributed by atoms with Crippen LogP contribution >= 0.6 is 0 Å². The van der Waals surface area contributed by atoms with Crippen LogP contribution in [0.5, 0.6) is 0 Å². The number of nitrogens with one attached hydrogen (secondary N) is 1. The Morgan fingerprint density at radius 1 is 1.50 bits per heavy atom. The Balaban J connectivity index is 1.71. The average Bonchev–Trinajstić information content (AvgIpc) is 2.92. The van der Waals surface area contributed by atoms with E-state index in [1.807, 2.05) is 18.2 Å². The van der Waals surface area contributed by atoms with Crippen molar-refractivity contribution in [1.29, 1.82) is 0 Å². The van der Waals surface area contributed by atoms with Crippen molar-refractivity contribution >= 4 is 22.8 Å². The summed E-state index contributed by atoms with van der Waals surface area (Å²) in [5.74, 6) is 0.519. The van der Waals surface area contributed by atoms with Crippen molar-refractivity contribution in [2.75, 3.05) is 24.2 Å². The number of nitrogen functional groups attached to an aromatic ring is 1. The number of nitrogens with two attached hydrogens (primary N) is 1. The summed E-state index contributed by atoms with van der Waals surface area (Å²) in [6, 6.07) is 6.01. The zero-order valence-corrected chi connectivity index (χ0v) is 10.3. The summed E-state index contributed by atoms with van der Waals surface area (Å²) in [5.41, 5.74) is 7.94. The van der Waals surface area contributed by atoms with E-state index in [1.165, 1.54) is 0 Å². The summed E-state index contributed by atoms with van der Waals surface area (Å²) in [6.45, 7) is 3.77. The topological polar surface area (TPSA) is 73.3 Å². The summed E-state index contributed by atoms with van der Waals surface area (Å²) in [7, 11) is 0. The first-order valence-corrected chi connectivity index (χ1v) is 6.24. The third-order valence-electron chi connectivity index (χ3n) is 3.46. The largest absolute Gasteiger partial charge is 0.424 e. The monoisotopic (exact) mass is 247 g/mol. The Bertz CT molecular complexity index is 552. The molecule has 1 aromatic carbocycles. The van der Waals surface area contributed by atoms with Crippen LogP contribution in [0.4, 0.5) is 11.7 Å². The third kappa shape index (κ3) is 2.13. The molecule has 5 nitrogen and oxygen atoms in total. The van der Waals surface area contributed by atoms with Gasteiger partial charge < -0.3 is 20.2 Å². The second-order valence-electron chi connectivity index (χ2n) is 4.75. The maximum Gasteiger partial charge on any atom is 0.295 e. The van der Waals surface area contributed by atoms with Crippen LogP contribution in [0, 0.1) is 5.92 Å². The highest BCUT2D eigenvalue weighted by Crippen LogP contribution is 2.23. The number of fused-ring (bicyclic) bond motifs is 1. The van der Waals surface area contributed by atoms with Crippen molar-refractivity contribution in [3.63, 3.8) is 0 Å². The number of rotatable bonds is 3. The normalized spacial score (nSPS) is 23.6. The van der Waals surface area contributed by atoms with Crippen LogP contribution in [0.1, 0.15) is 13.3 Å². The molecular weight excluding hydrogens is 230 g/mol. The Hall–Kier alpha value is -1.75. The molecule has 5 heteroatoms. The van der Waals surface area contributed by atoms with Gasteiger partial charge in [0.15, 0.2) is 5.58 Å². The molecule has 3 rings (SSSR count). The molecule has 1 aliphatic rings. The zero-order chi connectivity index (χ0) is 12.5. The van der Waals surface area contributed by atoms with Crippen LogP contribution in [0.15, 0.2) is 22.6 Å². The molecule has 0 spiro atoms. The molecule has 0 bridgehead atoms. The summed E-state index contributed by atoms with van der Waals surface area (Å²) in [5, 5.41) is 3.23. The van der Waals surface area contributed by atoms with Gasteiger partial charge in [-0.2, -0.15) is 4.98 Å². The van der Waals surface area contributed by atoms with Crippen LogP contribution in [0.3, 0.4) is 0 Å². The maximum atomic E-state index is 5.71. The predicted molar refractivity (Wildman–Crippen MR) is 70.4 cm³/mol. The van der Waals surface area contributed by atoms with E-state index < -0.39 is 0 Å². The number of benzene rings is 1. The zero-order valence-electron chi connectivity index (χ0n) is 10.3. The van der Waals surface area contributed by atoms with Crippen molar-refractivity contribution in [2.24, 2.45) is 5.92 Å². The van der Waals surface area contributed by atoms with Gasteiger partial charge in [-0.3, -0.25) is 0 Å². The fourth-order valence-corrected chi connectivity index (χ4v) is 2.28. The van der Waals surface area contributed by atoms with Crippen LogP contribution in [-0.2, 0) is 4.74 Å². The lowest BCUT2D eigenvalue weighted by Gasteiger charge is -2.13. The molecule has 2 aromatic rings. The molecule has 0 saturated carbocycles. The smallest absolute Gasteiger partial charge is 0.295 e. The van der Waals surface area contributed by atoms with Crippen molar-refractivity contribution in [2.45, 2.75) is 19.4 Å². The fraction of sp³-hybridized carbons (Fsp3) is 0.462. The molecule has 1 aromatic heterocycles. The van der Waals surface area contributed by atoms with E-state index in [2.05, 4.69) is 17.2 Å². The second kappa shape index (κ2) is 4.49. The quantitative estimate of drug-likeness (QED) is 0.814. The number of oxazole rings is 1. The first-order valence-electron chi connectivity index (χ1n) is 6.24. The average molecular weight is 247 g/mol. The number of hydrogen-bond donors (Lipinski definition) is 2. The van der Waals surface area contributed by atoms with Crippen LogP contribution in [-0.4, -0.2) is 24.2 Å². The lowest BCUT2D eigenvalue weighted by molar-refractivity contribution is 0.108. The van der Waals surface area contributed by atoms with E-state index in [-0.39, 0.29) is 0 Å². The summed E-state index contributed by atoms with van der Waals surface area (Å²) < 4.78 is 11.1. The lowest BCUT2D eigenvalue weighted by atomic mass is 10.0. The molecule has 2 unspecified atom stereocenters. The Kier molecular flexibility index (Phi) is 2.83. The van der Waals surface area contributed by atoms with Crippen molar-refractivity contribution in [3.8, 4) is 0 Å². The summed E-state index contributed by atoms with van der Waals surface area (Å²) in [4.78, 5) is 4.36. The fourth-order valence-electron chi connectivity index (χ4n) is 2.28. The van der Waals surface area contributed by atoms with Gasteiger partial charge >= 0.3 is 0 Å². The van der Waals surface area contributed by atoms with Crippen molar-refractivity contribution < 1.29 is 9.15 Å². The van der Waals surface area contributed by atoms with E-state index in [1.54, 1.807) is 0 Å². The van der Waals surface area contributed by atoms with E-state index in [0.717, 1.165) is 30.7 Å². The van der Waals surface area contributed by atoms with E-state index >= 15 is 0 Å². The molecule has 0 amide bonds. The first-order chi connectivity index (χ1) is 8.72. The third-order valence-corrected chi connectivity index (χ3v) is 3.46. The highest BCUT2D eigenvalue weighted by molar-refractivity contribution is 5.78. The van der Waals surface area contributed by atoms with Gasteiger partial charge in [-0.05, 0) is 31.5 Å². The SMILES string of the molecule is CC1OCCC1CNc1nc2cc(N)ccc2o1. The molecule has 2 atom stereocenters. The van der Waals surface area contributed by atoms with Gasteiger partial charge in [-0.15, -0.1) is 0 Å². The van der Waals surface area contributed by atoms with Gasteiger partial charge in [0.1, 0.15) is 5.52 Å². The Labute approximate surface area is 105 Å². The van der Waals surface area contributed by atoms with Crippen LogP contribution in [0.2, 0.25) is 0 Å². The van der Waals surface area contributed by atoms with Gasteiger partial charge in [0, 0.05) is 24.8 Å². The minimum atomic E-state index is 0.303. The summed E-state index contributed by atoms with van der Waals surface area (Å²) >= 11 is 0. The molecule has 2 heterocycles. The number of anilines is 2. The van der Waals surface area contributed by atoms with Crippen molar-refractivity contribution in [1.82, 2.24) is 4.98 Å². The lowest BCUT2D eigenvalue weighted by Crippen LogP contribution is -2.20. The van der Waals surface area contributed by atoms with Crippen LogP contribution < -0.4 is 11.1 Å².